The Kier molecular flexibility index (Phi) is 3.42. The van der Waals surface area contributed by atoms with Crippen molar-refractivity contribution in [2.45, 2.75) is 50.5 Å². The van der Waals surface area contributed by atoms with Crippen LogP contribution in [0.15, 0.2) is 4.52 Å². The Hall–Kier alpha value is -1.92. The van der Waals surface area contributed by atoms with E-state index < -0.39 is 12.0 Å². The van der Waals surface area contributed by atoms with Gasteiger partial charge in [0.2, 0.25) is 11.8 Å². The van der Waals surface area contributed by atoms with Gasteiger partial charge in [-0.05, 0) is 25.7 Å². The van der Waals surface area contributed by atoms with Gasteiger partial charge in [0.1, 0.15) is 6.04 Å². The Morgan fingerprint density at radius 3 is 2.85 bits per heavy atom. The van der Waals surface area contributed by atoms with Gasteiger partial charge in [-0.1, -0.05) is 5.16 Å². The van der Waals surface area contributed by atoms with Crippen LogP contribution in [0.25, 0.3) is 0 Å². The van der Waals surface area contributed by atoms with Crippen LogP contribution in [0.2, 0.25) is 0 Å². The van der Waals surface area contributed by atoms with E-state index in [1.54, 1.807) is 0 Å². The molecule has 0 unspecified atom stereocenters. The van der Waals surface area contributed by atoms with E-state index in [4.69, 9.17) is 9.63 Å². The molecule has 2 aliphatic rings. The zero-order chi connectivity index (χ0) is 14.1. The summed E-state index contributed by atoms with van der Waals surface area (Å²) in [4.78, 5) is 28.8. The van der Waals surface area contributed by atoms with Gasteiger partial charge in [-0.2, -0.15) is 4.98 Å². The molecule has 7 nitrogen and oxygen atoms in total. The Labute approximate surface area is 115 Å². The first-order valence-electron chi connectivity index (χ1n) is 7.00. The smallest absolute Gasteiger partial charge is 0.326 e. The number of aromatic nitrogens is 2. The normalized spacial score (nSPS) is 22.2. The molecular weight excluding hydrogens is 262 g/mol. The van der Waals surface area contributed by atoms with Gasteiger partial charge in [-0.25, -0.2) is 4.79 Å². The Balaban J connectivity index is 1.54. The molecule has 1 N–H and O–H groups in total. The SMILES string of the molecule is O=C(O)[C@H]1CCCN1C(=O)CCc1nc(C2CC2)no1. The lowest BCUT2D eigenvalue weighted by Crippen LogP contribution is -2.40. The second-order valence-electron chi connectivity index (χ2n) is 5.40. The van der Waals surface area contributed by atoms with E-state index in [1.807, 2.05) is 0 Å². The zero-order valence-electron chi connectivity index (χ0n) is 11.1. The van der Waals surface area contributed by atoms with Gasteiger partial charge in [0.25, 0.3) is 0 Å². The van der Waals surface area contributed by atoms with E-state index >= 15 is 0 Å². The third-order valence-electron chi connectivity index (χ3n) is 3.84. The first-order chi connectivity index (χ1) is 9.65. The van der Waals surface area contributed by atoms with E-state index in [0.29, 0.717) is 31.2 Å². The van der Waals surface area contributed by atoms with Crippen molar-refractivity contribution in [2.24, 2.45) is 0 Å². The maximum absolute atomic E-state index is 12.1. The molecule has 1 atom stereocenters. The highest BCUT2D eigenvalue weighted by Crippen LogP contribution is 2.38. The molecule has 3 rings (SSSR count). The lowest BCUT2D eigenvalue weighted by Gasteiger charge is -2.20. The topological polar surface area (TPSA) is 96.5 Å². The molecule has 108 valence electrons. The molecule has 1 saturated carbocycles. The van der Waals surface area contributed by atoms with Crippen molar-refractivity contribution in [3.63, 3.8) is 0 Å². The number of aliphatic carboxylic acids is 1. The molecule has 7 heteroatoms. The van der Waals surface area contributed by atoms with Gasteiger partial charge in [0.05, 0.1) is 0 Å². The van der Waals surface area contributed by atoms with Crippen LogP contribution in [0, 0.1) is 0 Å². The number of nitrogens with zero attached hydrogens (tertiary/aromatic N) is 3. The van der Waals surface area contributed by atoms with Gasteiger partial charge < -0.3 is 14.5 Å². The molecule has 0 aromatic carbocycles. The zero-order valence-corrected chi connectivity index (χ0v) is 11.1. The molecule has 0 radical (unpaired) electrons. The Morgan fingerprint density at radius 1 is 1.35 bits per heavy atom. The molecule has 0 spiro atoms. The van der Waals surface area contributed by atoms with E-state index in [9.17, 15) is 9.59 Å². The minimum atomic E-state index is -0.926. The van der Waals surface area contributed by atoms with Gasteiger partial charge in [0, 0.05) is 25.3 Å². The molecule has 1 aliphatic carbocycles. The molecule has 2 fully saturated rings. The largest absolute Gasteiger partial charge is 0.480 e. The van der Waals surface area contributed by atoms with Crippen LogP contribution in [0.4, 0.5) is 0 Å². The van der Waals surface area contributed by atoms with Crippen LogP contribution in [0.1, 0.15) is 49.7 Å². The standard InChI is InChI=1S/C13H17N3O4/c17-11(16-7-1-2-9(16)13(18)19)6-5-10-14-12(15-20-10)8-3-4-8/h8-9H,1-7H2,(H,18,19)/t9-/m1/s1. The molecule has 1 aromatic rings. The molecule has 20 heavy (non-hydrogen) atoms. The first-order valence-corrected chi connectivity index (χ1v) is 7.00. The second kappa shape index (κ2) is 5.22. The predicted octanol–water partition coefficient (Wildman–Crippen LogP) is 0.955. The van der Waals surface area contributed by atoms with E-state index in [0.717, 1.165) is 25.1 Å². The molecule has 1 aliphatic heterocycles. The van der Waals surface area contributed by atoms with Crippen LogP contribution < -0.4 is 0 Å². The lowest BCUT2D eigenvalue weighted by atomic mass is 10.2. The summed E-state index contributed by atoms with van der Waals surface area (Å²) in [6.07, 6.45) is 4.08. The molecule has 1 amide bonds. The number of likely N-dealkylation sites (tertiary alicyclic amines) is 1. The van der Waals surface area contributed by atoms with E-state index in [1.165, 1.54) is 4.90 Å². The molecule has 1 aromatic heterocycles. The van der Waals surface area contributed by atoms with Gasteiger partial charge >= 0.3 is 5.97 Å². The minimum Gasteiger partial charge on any atom is -0.480 e. The number of hydrogen-bond acceptors (Lipinski definition) is 5. The number of amides is 1. The third kappa shape index (κ3) is 2.66. The minimum absolute atomic E-state index is 0.152. The molecular formula is C13H17N3O4. The Morgan fingerprint density at radius 2 is 2.15 bits per heavy atom. The highest BCUT2D eigenvalue weighted by molar-refractivity contribution is 5.84. The van der Waals surface area contributed by atoms with Crippen molar-refractivity contribution >= 4 is 11.9 Å². The number of carbonyl (C=O) groups excluding carboxylic acids is 1. The fourth-order valence-corrected chi connectivity index (χ4v) is 2.56. The summed E-state index contributed by atoms with van der Waals surface area (Å²) in [5.41, 5.74) is 0. The number of rotatable bonds is 5. The highest BCUT2D eigenvalue weighted by Gasteiger charge is 2.34. The average Bonchev–Trinajstić information content (AvgIpc) is 2.98. The molecule has 0 bridgehead atoms. The lowest BCUT2D eigenvalue weighted by molar-refractivity contribution is -0.148. The predicted molar refractivity (Wildman–Crippen MR) is 67.0 cm³/mol. The van der Waals surface area contributed by atoms with E-state index in [-0.39, 0.29) is 12.3 Å². The van der Waals surface area contributed by atoms with Gasteiger partial charge in [-0.3, -0.25) is 4.79 Å². The summed E-state index contributed by atoms with van der Waals surface area (Å²) in [5, 5.41) is 12.9. The van der Waals surface area contributed by atoms with E-state index in [2.05, 4.69) is 10.1 Å². The van der Waals surface area contributed by atoms with Crippen LogP contribution in [-0.4, -0.2) is 44.6 Å². The number of hydrogen-bond donors (Lipinski definition) is 1. The average molecular weight is 279 g/mol. The number of carbonyl (C=O) groups is 2. The maximum atomic E-state index is 12.1. The van der Waals surface area contributed by atoms with Crippen LogP contribution >= 0.6 is 0 Å². The Bertz CT molecular complexity index is 523. The summed E-state index contributed by atoms with van der Waals surface area (Å²) < 4.78 is 5.11. The van der Waals surface area contributed by atoms with Crippen molar-refractivity contribution in [1.82, 2.24) is 15.0 Å². The second-order valence-corrected chi connectivity index (χ2v) is 5.40. The number of aryl methyl sites for hydroxylation is 1. The van der Waals surface area contributed by atoms with Crippen molar-refractivity contribution < 1.29 is 19.2 Å². The van der Waals surface area contributed by atoms with Crippen molar-refractivity contribution in [3.8, 4) is 0 Å². The summed E-state index contributed by atoms with van der Waals surface area (Å²) in [5.74, 6) is 0.548. The highest BCUT2D eigenvalue weighted by atomic mass is 16.5. The molecule has 2 heterocycles. The van der Waals surface area contributed by atoms with Crippen LogP contribution in [0.3, 0.4) is 0 Å². The first kappa shape index (κ1) is 13.1. The van der Waals surface area contributed by atoms with Crippen molar-refractivity contribution in [2.75, 3.05) is 6.54 Å². The molecule has 1 saturated heterocycles. The fourth-order valence-electron chi connectivity index (χ4n) is 2.56. The summed E-state index contributed by atoms with van der Waals surface area (Å²) >= 11 is 0. The quantitative estimate of drug-likeness (QED) is 0.862. The van der Waals surface area contributed by atoms with Crippen molar-refractivity contribution in [1.29, 1.82) is 0 Å². The van der Waals surface area contributed by atoms with Crippen molar-refractivity contribution in [3.05, 3.63) is 11.7 Å². The number of carboxylic acid groups (broad SMARTS) is 1. The van der Waals surface area contributed by atoms with Crippen LogP contribution in [-0.2, 0) is 16.0 Å². The monoisotopic (exact) mass is 279 g/mol. The maximum Gasteiger partial charge on any atom is 0.326 e. The summed E-state index contributed by atoms with van der Waals surface area (Å²) in [7, 11) is 0. The number of carboxylic acids is 1. The van der Waals surface area contributed by atoms with Gasteiger partial charge in [0.15, 0.2) is 5.82 Å². The van der Waals surface area contributed by atoms with Crippen LogP contribution in [0.5, 0.6) is 0 Å². The fraction of sp³-hybridized carbons (Fsp3) is 0.692. The summed E-state index contributed by atoms with van der Waals surface area (Å²) in [6, 6.07) is -0.674. The summed E-state index contributed by atoms with van der Waals surface area (Å²) in [6.45, 7) is 0.521. The van der Waals surface area contributed by atoms with Gasteiger partial charge in [-0.15, -0.1) is 0 Å². The third-order valence-corrected chi connectivity index (χ3v) is 3.84.